The van der Waals surface area contributed by atoms with Crippen LogP contribution in [0.25, 0.3) is 0 Å². The molecule has 3 aliphatic rings. The summed E-state index contributed by atoms with van der Waals surface area (Å²) in [5.41, 5.74) is 0. The normalized spacial score (nSPS) is 35.6. The van der Waals surface area contributed by atoms with Crippen LogP contribution in [0.15, 0.2) is 0 Å². The molecule has 0 aromatic carbocycles. The molecule has 3 N–H and O–H groups in total. The monoisotopic (exact) mass is 585 g/mol. The summed E-state index contributed by atoms with van der Waals surface area (Å²) in [6, 6.07) is -0.895. The van der Waals surface area contributed by atoms with Crippen molar-refractivity contribution in [2.24, 2.45) is 23.7 Å². The molecule has 40 heavy (non-hydrogen) atoms. The Hall–Kier alpha value is -1.20. The number of hydrogen-bond acceptors (Lipinski definition) is 9. The largest absolute Gasteiger partial charge is 0.460 e. The maximum absolute atomic E-state index is 13.6. The van der Waals surface area contributed by atoms with Gasteiger partial charge in [-0.05, 0) is 81.8 Å². The van der Waals surface area contributed by atoms with E-state index in [9.17, 15) is 29.7 Å². The Kier molecular flexibility index (Phi) is 11.9. The standard InChI is InChI=1S/C30H51NO8S/c1-17(2)26(18(3)15-21-11-12-23(32)24(33)16-21)38-29(36)22-9-7-8-14-31(22)28(35)27(34)30(37)19(4)10-13-25(39-30)20(5)40-6/h17-26,32-33,37H,7-16H2,1-6H3. The molecule has 0 spiro atoms. The summed E-state index contributed by atoms with van der Waals surface area (Å²) in [7, 11) is 0. The number of likely N-dealkylation sites (tertiary alicyclic amines) is 1. The molecule has 10 heteroatoms. The quantitative estimate of drug-likeness (QED) is 0.261. The fraction of sp³-hybridized carbons (Fsp3) is 0.900. The Morgan fingerprint density at radius 1 is 1.02 bits per heavy atom. The lowest BCUT2D eigenvalue weighted by atomic mass is 9.78. The number of carbonyl (C=O) groups excluding carboxylic acids is 3. The second-order valence-corrected chi connectivity index (χ2v) is 14.0. The van der Waals surface area contributed by atoms with Crippen LogP contribution < -0.4 is 0 Å². The molecule has 0 aromatic heterocycles. The predicted molar refractivity (Wildman–Crippen MR) is 153 cm³/mol. The minimum Gasteiger partial charge on any atom is -0.460 e. The van der Waals surface area contributed by atoms with Crippen LogP contribution in [0.4, 0.5) is 0 Å². The molecule has 1 aliphatic carbocycles. The van der Waals surface area contributed by atoms with Crippen molar-refractivity contribution in [3.05, 3.63) is 0 Å². The molecule has 230 valence electrons. The Balaban J connectivity index is 1.70. The van der Waals surface area contributed by atoms with Gasteiger partial charge in [0.05, 0.1) is 18.3 Å². The van der Waals surface area contributed by atoms with E-state index in [1.54, 1.807) is 18.7 Å². The summed E-state index contributed by atoms with van der Waals surface area (Å²) in [5.74, 6) is -4.92. The van der Waals surface area contributed by atoms with Gasteiger partial charge >= 0.3 is 5.97 Å². The Labute approximate surface area is 243 Å². The van der Waals surface area contributed by atoms with Crippen molar-refractivity contribution in [3.8, 4) is 0 Å². The van der Waals surface area contributed by atoms with E-state index in [0.717, 1.165) is 19.3 Å². The summed E-state index contributed by atoms with van der Waals surface area (Å²) < 4.78 is 12.0. The number of nitrogens with zero attached hydrogens (tertiary/aromatic N) is 1. The van der Waals surface area contributed by atoms with E-state index >= 15 is 0 Å². The zero-order chi connectivity index (χ0) is 29.8. The molecule has 9 nitrogen and oxygen atoms in total. The van der Waals surface area contributed by atoms with E-state index in [1.807, 2.05) is 34.0 Å². The van der Waals surface area contributed by atoms with Crippen LogP contribution in [-0.4, -0.2) is 92.2 Å². The third-order valence-electron chi connectivity index (χ3n) is 9.40. The zero-order valence-corrected chi connectivity index (χ0v) is 25.9. The molecule has 3 rings (SSSR count). The van der Waals surface area contributed by atoms with Crippen molar-refractivity contribution in [3.63, 3.8) is 0 Å². The number of carbonyl (C=O) groups is 3. The number of ether oxygens (including phenoxy) is 2. The van der Waals surface area contributed by atoms with Crippen molar-refractivity contribution in [1.82, 2.24) is 4.90 Å². The van der Waals surface area contributed by atoms with Gasteiger partial charge in [0, 0.05) is 17.7 Å². The lowest BCUT2D eigenvalue weighted by molar-refractivity contribution is -0.262. The lowest BCUT2D eigenvalue weighted by Gasteiger charge is -2.43. The second-order valence-electron chi connectivity index (χ2n) is 12.8. The fourth-order valence-corrected chi connectivity index (χ4v) is 7.19. The molecule has 2 aliphatic heterocycles. The summed E-state index contributed by atoms with van der Waals surface area (Å²) >= 11 is 1.58. The van der Waals surface area contributed by atoms with Crippen molar-refractivity contribution < 1.29 is 39.2 Å². The van der Waals surface area contributed by atoms with E-state index in [1.165, 1.54) is 4.90 Å². The minimum absolute atomic E-state index is 0.0123. The number of amides is 1. The molecule has 1 saturated carbocycles. The van der Waals surface area contributed by atoms with Gasteiger partial charge in [-0.15, -0.1) is 0 Å². The first-order chi connectivity index (χ1) is 18.8. The first-order valence-electron chi connectivity index (χ1n) is 15.1. The van der Waals surface area contributed by atoms with Gasteiger partial charge in [-0.3, -0.25) is 9.59 Å². The van der Waals surface area contributed by atoms with Crippen molar-refractivity contribution >= 4 is 29.4 Å². The average molecular weight is 586 g/mol. The average Bonchev–Trinajstić information content (AvgIpc) is 2.93. The molecule has 2 heterocycles. The van der Waals surface area contributed by atoms with Crippen LogP contribution >= 0.6 is 11.8 Å². The Morgan fingerprint density at radius 3 is 2.35 bits per heavy atom. The number of hydrogen-bond donors (Lipinski definition) is 3. The highest BCUT2D eigenvalue weighted by atomic mass is 32.2. The number of rotatable bonds is 10. The Bertz CT molecular complexity index is 886. The van der Waals surface area contributed by atoms with Gasteiger partial charge in [0.15, 0.2) is 0 Å². The van der Waals surface area contributed by atoms with E-state index < -0.39 is 53.7 Å². The summed E-state index contributed by atoms with van der Waals surface area (Å²) in [6.07, 6.45) is 5.47. The van der Waals surface area contributed by atoms with Gasteiger partial charge in [0.1, 0.15) is 12.1 Å². The molecule has 1 amide bonds. The highest BCUT2D eigenvalue weighted by Crippen LogP contribution is 2.37. The van der Waals surface area contributed by atoms with Crippen LogP contribution in [0.5, 0.6) is 0 Å². The number of aliphatic hydroxyl groups excluding tert-OH is 2. The molecular formula is C30H51NO8S. The SMILES string of the molecule is CSC(C)C1CCC(C)C(O)(C(=O)C(=O)N2CCCCC2C(=O)OC(C(C)C)C(C)CC2CCC(O)C(O)C2)O1. The van der Waals surface area contributed by atoms with Gasteiger partial charge < -0.3 is 29.7 Å². The summed E-state index contributed by atoms with van der Waals surface area (Å²) in [5, 5.41) is 31.4. The fourth-order valence-electron chi connectivity index (χ4n) is 6.69. The second kappa shape index (κ2) is 14.3. The summed E-state index contributed by atoms with van der Waals surface area (Å²) in [6.45, 7) is 9.94. The molecule has 10 atom stereocenters. The van der Waals surface area contributed by atoms with E-state index in [-0.39, 0.29) is 35.7 Å². The molecule has 10 unspecified atom stereocenters. The highest BCUT2D eigenvalue weighted by molar-refractivity contribution is 7.99. The third kappa shape index (κ3) is 7.60. The van der Waals surface area contributed by atoms with E-state index in [4.69, 9.17) is 9.47 Å². The highest BCUT2D eigenvalue weighted by Gasteiger charge is 2.53. The van der Waals surface area contributed by atoms with Gasteiger partial charge in [-0.1, -0.05) is 34.6 Å². The van der Waals surface area contributed by atoms with Gasteiger partial charge in [-0.25, -0.2) is 4.79 Å². The maximum atomic E-state index is 13.6. The zero-order valence-electron chi connectivity index (χ0n) is 25.1. The smallest absolute Gasteiger partial charge is 0.329 e. The molecule has 0 bridgehead atoms. The number of ketones is 1. The van der Waals surface area contributed by atoms with Gasteiger partial charge in [0.2, 0.25) is 5.79 Å². The van der Waals surface area contributed by atoms with Crippen LogP contribution in [0.2, 0.25) is 0 Å². The summed E-state index contributed by atoms with van der Waals surface area (Å²) in [4.78, 5) is 41.9. The lowest BCUT2D eigenvalue weighted by Crippen LogP contribution is -2.61. The molecule has 0 radical (unpaired) electrons. The number of thioether (sulfide) groups is 1. The van der Waals surface area contributed by atoms with Gasteiger partial charge in [0.25, 0.3) is 11.7 Å². The number of esters is 1. The van der Waals surface area contributed by atoms with Crippen LogP contribution in [0.1, 0.15) is 92.4 Å². The molecule has 0 aromatic rings. The predicted octanol–water partition coefficient (Wildman–Crippen LogP) is 3.31. The van der Waals surface area contributed by atoms with Crippen LogP contribution in [-0.2, 0) is 23.9 Å². The maximum Gasteiger partial charge on any atom is 0.329 e. The number of aliphatic hydroxyl groups is 3. The van der Waals surface area contributed by atoms with Gasteiger partial charge in [-0.2, -0.15) is 11.8 Å². The molecule has 2 saturated heterocycles. The van der Waals surface area contributed by atoms with Crippen LogP contribution in [0.3, 0.4) is 0 Å². The van der Waals surface area contributed by atoms with Crippen molar-refractivity contribution in [2.75, 3.05) is 12.8 Å². The first-order valence-corrected chi connectivity index (χ1v) is 16.4. The third-order valence-corrected chi connectivity index (χ3v) is 10.4. The Morgan fingerprint density at radius 2 is 1.73 bits per heavy atom. The van der Waals surface area contributed by atoms with Crippen molar-refractivity contribution in [2.45, 2.75) is 134 Å². The minimum atomic E-state index is -2.22. The number of piperidine rings is 1. The van der Waals surface area contributed by atoms with Crippen LogP contribution in [0, 0.1) is 23.7 Å². The molecular weight excluding hydrogens is 534 g/mol. The van der Waals surface area contributed by atoms with E-state index in [2.05, 4.69) is 0 Å². The van der Waals surface area contributed by atoms with E-state index in [0.29, 0.717) is 38.5 Å². The first kappa shape index (κ1) is 33.3. The topological polar surface area (TPSA) is 134 Å². The van der Waals surface area contributed by atoms with Crippen molar-refractivity contribution in [1.29, 1.82) is 0 Å². The number of Topliss-reactive ketones (excluding diaryl/α,β-unsaturated/α-hetero) is 1. The molecule has 3 fully saturated rings.